The lowest BCUT2D eigenvalue weighted by molar-refractivity contribution is -0.129. The first-order valence-corrected chi connectivity index (χ1v) is 8.54. The van der Waals surface area contributed by atoms with E-state index in [1.54, 1.807) is 48.6 Å². The number of likely N-dealkylation sites (N-methyl/N-ethyl adjacent to an activating group) is 1. The third kappa shape index (κ3) is 5.89. The molecule has 1 amide bonds. The number of piperidine rings is 1. The van der Waals surface area contributed by atoms with Crippen molar-refractivity contribution >= 4 is 18.3 Å². The summed E-state index contributed by atoms with van der Waals surface area (Å²) in [4.78, 5) is 24.0. The number of benzene rings is 1. The van der Waals surface area contributed by atoms with Crippen molar-refractivity contribution in [3.63, 3.8) is 0 Å². The van der Waals surface area contributed by atoms with Crippen LogP contribution in [0.2, 0.25) is 0 Å². The SMILES string of the molecule is CN/C(=C\c1ccco1)C(=O)N1CCC(O)CC1.O=Cc1ccccc1. The Morgan fingerprint density at radius 3 is 2.38 bits per heavy atom. The zero-order valence-electron chi connectivity index (χ0n) is 14.8. The van der Waals surface area contributed by atoms with E-state index >= 15 is 0 Å². The summed E-state index contributed by atoms with van der Waals surface area (Å²) in [5.41, 5.74) is 1.23. The van der Waals surface area contributed by atoms with Crippen LogP contribution >= 0.6 is 0 Å². The largest absolute Gasteiger partial charge is 0.465 e. The van der Waals surface area contributed by atoms with Crippen LogP contribution in [-0.2, 0) is 4.79 Å². The second kappa shape index (κ2) is 10.2. The molecule has 1 aliphatic rings. The molecule has 0 bridgehead atoms. The van der Waals surface area contributed by atoms with Gasteiger partial charge in [0.05, 0.1) is 12.4 Å². The fraction of sp³-hybridized carbons (Fsp3) is 0.300. The maximum absolute atomic E-state index is 12.2. The molecule has 6 nitrogen and oxygen atoms in total. The third-order valence-electron chi connectivity index (χ3n) is 4.02. The molecule has 0 atom stereocenters. The Morgan fingerprint density at radius 1 is 1.19 bits per heavy atom. The second-order valence-electron chi connectivity index (χ2n) is 5.88. The van der Waals surface area contributed by atoms with Gasteiger partial charge in [-0.3, -0.25) is 9.59 Å². The zero-order valence-corrected chi connectivity index (χ0v) is 14.8. The predicted molar refractivity (Wildman–Crippen MR) is 99.4 cm³/mol. The van der Waals surface area contributed by atoms with Crippen LogP contribution in [-0.4, -0.2) is 48.4 Å². The van der Waals surface area contributed by atoms with Crippen molar-refractivity contribution in [2.24, 2.45) is 0 Å². The molecule has 2 aromatic rings. The summed E-state index contributed by atoms with van der Waals surface area (Å²) in [6, 6.07) is 12.7. The number of hydrogen-bond acceptors (Lipinski definition) is 5. The van der Waals surface area contributed by atoms with Gasteiger partial charge in [-0.2, -0.15) is 0 Å². The number of hydrogen-bond donors (Lipinski definition) is 2. The zero-order chi connectivity index (χ0) is 18.8. The lowest BCUT2D eigenvalue weighted by Gasteiger charge is -2.30. The van der Waals surface area contributed by atoms with Gasteiger partial charge in [-0.05, 0) is 25.0 Å². The van der Waals surface area contributed by atoms with E-state index in [0.29, 0.717) is 37.4 Å². The number of amides is 1. The van der Waals surface area contributed by atoms with Crippen LogP contribution in [0.4, 0.5) is 0 Å². The van der Waals surface area contributed by atoms with Gasteiger partial charge in [0.25, 0.3) is 5.91 Å². The highest BCUT2D eigenvalue weighted by Gasteiger charge is 2.23. The molecule has 138 valence electrons. The van der Waals surface area contributed by atoms with Gasteiger partial charge in [0.15, 0.2) is 0 Å². The van der Waals surface area contributed by atoms with E-state index < -0.39 is 0 Å². The Balaban J connectivity index is 0.000000254. The van der Waals surface area contributed by atoms with E-state index in [1.165, 1.54) is 0 Å². The summed E-state index contributed by atoms with van der Waals surface area (Å²) in [6.45, 7) is 1.19. The Kier molecular flexibility index (Phi) is 7.64. The van der Waals surface area contributed by atoms with Crippen LogP contribution in [0.15, 0.2) is 58.8 Å². The molecule has 6 heteroatoms. The fourth-order valence-electron chi connectivity index (χ4n) is 2.53. The van der Waals surface area contributed by atoms with Crippen molar-refractivity contribution in [1.82, 2.24) is 10.2 Å². The minimum Gasteiger partial charge on any atom is -0.465 e. The Hall–Kier alpha value is -2.86. The number of likely N-dealkylation sites (tertiary alicyclic amines) is 1. The molecule has 2 heterocycles. The van der Waals surface area contributed by atoms with Crippen LogP contribution in [0.5, 0.6) is 0 Å². The van der Waals surface area contributed by atoms with Crippen LogP contribution < -0.4 is 5.32 Å². The molecule has 1 saturated heterocycles. The Morgan fingerprint density at radius 2 is 1.88 bits per heavy atom. The number of carbonyl (C=O) groups is 2. The summed E-state index contributed by atoms with van der Waals surface area (Å²) in [7, 11) is 1.71. The van der Waals surface area contributed by atoms with Gasteiger partial charge in [0.1, 0.15) is 17.7 Å². The Bertz CT molecular complexity index is 703. The van der Waals surface area contributed by atoms with Crippen LogP contribution in [0.1, 0.15) is 29.0 Å². The number of aliphatic hydroxyl groups excluding tert-OH is 1. The molecular formula is C20H24N2O4. The van der Waals surface area contributed by atoms with Gasteiger partial charge in [0, 0.05) is 31.8 Å². The van der Waals surface area contributed by atoms with Crippen molar-refractivity contribution < 1.29 is 19.1 Å². The molecule has 0 unspecified atom stereocenters. The van der Waals surface area contributed by atoms with Gasteiger partial charge >= 0.3 is 0 Å². The maximum Gasteiger partial charge on any atom is 0.270 e. The topological polar surface area (TPSA) is 82.8 Å². The van der Waals surface area contributed by atoms with Crippen LogP contribution in [0, 0.1) is 0 Å². The van der Waals surface area contributed by atoms with Crippen LogP contribution in [0.25, 0.3) is 6.08 Å². The number of nitrogens with zero attached hydrogens (tertiary/aromatic N) is 1. The van der Waals surface area contributed by atoms with Gasteiger partial charge in [-0.15, -0.1) is 0 Å². The normalized spacial score (nSPS) is 15.0. The molecule has 0 aliphatic carbocycles. The average Bonchev–Trinajstić information content (AvgIpc) is 3.20. The highest BCUT2D eigenvalue weighted by molar-refractivity contribution is 5.96. The minimum atomic E-state index is -0.277. The van der Waals surface area contributed by atoms with E-state index in [2.05, 4.69) is 5.32 Å². The van der Waals surface area contributed by atoms with E-state index in [-0.39, 0.29) is 12.0 Å². The van der Waals surface area contributed by atoms with Gasteiger partial charge in [-0.25, -0.2) is 0 Å². The standard InChI is InChI=1S/C13H18N2O3.C7H6O/c1-14-12(9-11-3-2-8-18-11)13(17)15-6-4-10(16)5-7-15;8-6-7-4-2-1-3-5-7/h2-3,8-10,14,16H,4-7H2,1H3;1-6H/b12-9-;. The van der Waals surface area contributed by atoms with E-state index in [1.807, 2.05) is 18.2 Å². The number of nitrogens with one attached hydrogen (secondary N) is 1. The summed E-state index contributed by atoms with van der Waals surface area (Å²) in [5.74, 6) is 0.588. The lowest BCUT2D eigenvalue weighted by Crippen LogP contribution is -2.42. The summed E-state index contributed by atoms with van der Waals surface area (Å²) in [5, 5.41) is 12.3. The van der Waals surface area contributed by atoms with Gasteiger partial charge < -0.3 is 19.7 Å². The maximum atomic E-state index is 12.2. The lowest BCUT2D eigenvalue weighted by atomic mass is 10.1. The molecular weight excluding hydrogens is 332 g/mol. The van der Waals surface area contributed by atoms with Crippen molar-refractivity contribution in [3.8, 4) is 0 Å². The number of furan rings is 1. The molecule has 3 rings (SSSR count). The Labute approximate surface area is 153 Å². The first kappa shape index (κ1) is 19.5. The number of aldehydes is 1. The quantitative estimate of drug-likeness (QED) is 0.649. The van der Waals surface area contributed by atoms with Gasteiger partial charge in [0.2, 0.25) is 0 Å². The molecule has 0 spiro atoms. The van der Waals surface area contributed by atoms with E-state index in [4.69, 9.17) is 4.42 Å². The number of rotatable bonds is 4. The molecule has 26 heavy (non-hydrogen) atoms. The van der Waals surface area contributed by atoms with Crippen molar-refractivity contribution in [1.29, 1.82) is 0 Å². The molecule has 2 N–H and O–H groups in total. The predicted octanol–water partition coefficient (Wildman–Crippen LogP) is 2.32. The van der Waals surface area contributed by atoms with Crippen molar-refractivity contribution in [3.05, 3.63) is 65.7 Å². The first-order valence-electron chi connectivity index (χ1n) is 8.54. The molecule has 1 aliphatic heterocycles. The van der Waals surface area contributed by atoms with Gasteiger partial charge in [-0.1, -0.05) is 30.3 Å². The minimum absolute atomic E-state index is 0.0548. The first-order chi connectivity index (χ1) is 12.6. The number of aliphatic hydroxyl groups is 1. The third-order valence-corrected chi connectivity index (χ3v) is 4.02. The summed E-state index contributed by atoms with van der Waals surface area (Å²) < 4.78 is 5.19. The summed E-state index contributed by atoms with van der Waals surface area (Å²) >= 11 is 0. The molecule has 0 saturated carbocycles. The van der Waals surface area contributed by atoms with E-state index in [9.17, 15) is 14.7 Å². The highest BCUT2D eigenvalue weighted by atomic mass is 16.3. The number of carbonyl (C=O) groups excluding carboxylic acids is 2. The molecule has 0 radical (unpaired) electrons. The summed E-state index contributed by atoms with van der Waals surface area (Å²) in [6.07, 6.45) is 5.10. The highest BCUT2D eigenvalue weighted by Crippen LogP contribution is 2.14. The van der Waals surface area contributed by atoms with Crippen molar-refractivity contribution in [2.45, 2.75) is 18.9 Å². The smallest absolute Gasteiger partial charge is 0.270 e. The average molecular weight is 356 g/mol. The van der Waals surface area contributed by atoms with Crippen molar-refractivity contribution in [2.75, 3.05) is 20.1 Å². The molecule has 1 aromatic carbocycles. The fourth-order valence-corrected chi connectivity index (χ4v) is 2.53. The monoisotopic (exact) mass is 356 g/mol. The van der Waals surface area contributed by atoms with Crippen LogP contribution in [0.3, 0.4) is 0 Å². The second-order valence-corrected chi connectivity index (χ2v) is 5.88. The molecule has 1 fully saturated rings. The van der Waals surface area contributed by atoms with E-state index in [0.717, 1.165) is 11.8 Å². The molecule has 1 aromatic heterocycles.